The van der Waals surface area contributed by atoms with Crippen LogP contribution < -0.4 is 5.32 Å². The molecule has 1 aliphatic carbocycles. The Morgan fingerprint density at radius 2 is 1.12 bits per heavy atom. The van der Waals surface area contributed by atoms with Gasteiger partial charge in [0.1, 0.15) is 0 Å². The van der Waals surface area contributed by atoms with E-state index in [1.165, 1.54) is 44.2 Å². The van der Waals surface area contributed by atoms with Crippen LogP contribution in [0.15, 0.2) is 109 Å². The number of anilines is 2. The maximum atomic E-state index is 3.55. The van der Waals surface area contributed by atoms with Gasteiger partial charge in [-0.1, -0.05) is 86.6 Å². The molecule has 6 rings (SSSR count). The maximum Gasteiger partial charge on any atom is 0.0387 e. The minimum Gasteiger partial charge on any atom is -0.356 e. The van der Waals surface area contributed by atoms with E-state index in [2.05, 4.69) is 122 Å². The van der Waals surface area contributed by atoms with Crippen LogP contribution in [0.2, 0.25) is 0 Å². The summed E-state index contributed by atoms with van der Waals surface area (Å²) in [5, 5.41) is 6.12. The Hall–Kier alpha value is -3.84. The summed E-state index contributed by atoms with van der Waals surface area (Å²) in [5.41, 5.74) is 10.2. The average Bonchev–Trinajstić information content (AvgIpc) is 3.05. The molecule has 0 heterocycles. The van der Waals surface area contributed by atoms with Gasteiger partial charge in [0, 0.05) is 16.8 Å². The van der Waals surface area contributed by atoms with Gasteiger partial charge in [0.05, 0.1) is 0 Å². The van der Waals surface area contributed by atoms with Crippen molar-refractivity contribution in [2.45, 2.75) is 19.3 Å². The Morgan fingerprint density at radius 3 is 1.94 bits per heavy atom. The van der Waals surface area contributed by atoms with Gasteiger partial charge in [-0.15, -0.1) is 0 Å². The molecule has 32 heavy (non-hydrogen) atoms. The third kappa shape index (κ3) is 3.01. The molecule has 0 aliphatic heterocycles. The van der Waals surface area contributed by atoms with Crippen LogP contribution in [-0.2, 0) is 5.41 Å². The van der Waals surface area contributed by atoms with E-state index in [-0.39, 0.29) is 5.41 Å². The van der Waals surface area contributed by atoms with E-state index in [0.717, 1.165) is 11.4 Å². The Labute approximate surface area is 189 Å². The van der Waals surface area contributed by atoms with Crippen LogP contribution in [0, 0.1) is 0 Å². The van der Waals surface area contributed by atoms with E-state index in [1.54, 1.807) is 0 Å². The van der Waals surface area contributed by atoms with E-state index >= 15 is 0 Å². The topological polar surface area (TPSA) is 12.0 Å². The third-order valence-electron chi connectivity index (χ3n) is 6.82. The van der Waals surface area contributed by atoms with Crippen molar-refractivity contribution in [3.05, 3.63) is 120 Å². The highest BCUT2D eigenvalue weighted by molar-refractivity contribution is 5.89. The number of hydrogen-bond donors (Lipinski definition) is 1. The summed E-state index contributed by atoms with van der Waals surface area (Å²) < 4.78 is 0. The molecule has 0 aromatic heterocycles. The molecule has 0 amide bonds. The lowest BCUT2D eigenvalue weighted by Gasteiger charge is -2.23. The fourth-order valence-electron chi connectivity index (χ4n) is 5.05. The molecule has 5 aromatic carbocycles. The molecule has 0 unspecified atom stereocenters. The Kier molecular flexibility index (Phi) is 4.19. The largest absolute Gasteiger partial charge is 0.356 e. The predicted octanol–water partition coefficient (Wildman–Crippen LogP) is 8.56. The molecular weight excluding hydrogens is 386 g/mol. The maximum absolute atomic E-state index is 3.55. The highest BCUT2D eigenvalue weighted by Gasteiger charge is 2.35. The summed E-state index contributed by atoms with van der Waals surface area (Å²) in [6, 6.07) is 39.4. The van der Waals surface area contributed by atoms with E-state index in [4.69, 9.17) is 0 Å². The van der Waals surface area contributed by atoms with Crippen LogP contribution in [0.4, 0.5) is 11.4 Å². The van der Waals surface area contributed by atoms with E-state index in [0.29, 0.717) is 0 Å². The lowest BCUT2D eigenvalue weighted by molar-refractivity contribution is 0.661. The van der Waals surface area contributed by atoms with Crippen molar-refractivity contribution in [2.24, 2.45) is 0 Å². The van der Waals surface area contributed by atoms with Gasteiger partial charge in [0.15, 0.2) is 0 Å². The van der Waals surface area contributed by atoms with Crippen LogP contribution in [0.25, 0.3) is 33.0 Å². The molecule has 5 aromatic rings. The molecule has 0 atom stereocenters. The van der Waals surface area contributed by atoms with Gasteiger partial charge >= 0.3 is 0 Å². The van der Waals surface area contributed by atoms with Gasteiger partial charge in [0.2, 0.25) is 0 Å². The first-order chi connectivity index (χ1) is 15.6. The van der Waals surface area contributed by atoms with Gasteiger partial charge in [-0.25, -0.2) is 0 Å². The number of para-hydroxylation sites is 1. The second-order valence-corrected chi connectivity index (χ2v) is 9.20. The normalized spacial score (nSPS) is 13.6. The monoisotopic (exact) mass is 411 g/mol. The van der Waals surface area contributed by atoms with E-state index < -0.39 is 0 Å². The second-order valence-electron chi connectivity index (χ2n) is 9.20. The van der Waals surface area contributed by atoms with Crippen LogP contribution in [0.5, 0.6) is 0 Å². The standard InChI is InChI=1S/C31H25N/c1-31(2)29-19-24(23-13-12-21-8-6-7-9-22(21)18-23)14-16-27(29)28-17-15-26(20-30(28)31)32-25-10-4-3-5-11-25/h3-20,32H,1-2H3. The predicted molar refractivity (Wildman–Crippen MR) is 137 cm³/mol. The van der Waals surface area contributed by atoms with Crippen molar-refractivity contribution < 1.29 is 0 Å². The first-order valence-electron chi connectivity index (χ1n) is 11.2. The van der Waals surface area contributed by atoms with Crippen LogP contribution in [0.1, 0.15) is 25.0 Å². The first-order valence-corrected chi connectivity index (χ1v) is 11.2. The Balaban J connectivity index is 1.41. The quantitative estimate of drug-likeness (QED) is 0.313. The molecule has 0 saturated heterocycles. The van der Waals surface area contributed by atoms with Gasteiger partial charge in [-0.3, -0.25) is 0 Å². The van der Waals surface area contributed by atoms with E-state index in [1.807, 2.05) is 6.07 Å². The minimum absolute atomic E-state index is 0.0497. The lowest BCUT2D eigenvalue weighted by Crippen LogP contribution is -2.15. The van der Waals surface area contributed by atoms with Crippen molar-refractivity contribution in [1.29, 1.82) is 0 Å². The zero-order valence-electron chi connectivity index (χ0n) is 18.4. The summed E-state index contributed by atoms with van der Waals surface area (Å²) in [7, 11) is 0. The van der Waals surface area contributed by atoms with Crippen molar-refractivity contribution in [1.82, 2.24) is 0 Å². The summed E-state index contributed by atoms with van der Waals surface area (Å²) in [6.07, 6.45) is 0. The molecule has 1 aliphatic rings. The number of hydrogen-bond acceptors (Lipinski definition) is 1. The summed E-state index contributed by atoms with van der Waals surface area (Å²) in [4.78, 5) is 0. The zero-order chi connectivity index (χ0) is 21.7. The molecule has 0 bridgehead atoms. The van der Waals surface area contributed by atoms with Crippen molar-refractivity contribution in [3.8, 4) is 22.3 Å². The number of fused-ring (bicyclic) bond motifs is 4. The summed E-state index contributed by atoms with van der Waals surface area (Å²) >= 11 is 0. The summed E-state index contributed by atoms with van der Waals surface area (Å²) in [6.45, 7) is 4.68. The second kappa shape index (κ2) is 7.10. The van der Waals surface area contributed by atoms with Crippen molar-refractivity contribution in [3.63, 3.8) is 0 Å². The Morgan fingerprint density at radius 1 is 0.500 bits per heavy atom. The van der Waals surface area contributed by atoms with Crippen LogP contribution in [0.3, 0.4) is 0 Å². The van der Waals surface area contributed by atoms with Crippen molar-refractivity contribution in [2.75, 3.05) is 5.32 Å². The first kappa shape index (κ1) is 18.9. The minimum atomic E-state index is -0.0497. The molecule has 0 spiro atoms. The smallest absolute Gasteiger partial charge is 0.0387 e. The molecule has 1 nitrogen and oxygen atoms in total. The number of rotatable bonds is 3. The highest BCUT2D eigenvalue weighted by Crippen LogP contribution is 2.50. The average molecular weight is 412 g/mol. The molecular formula is C31H25N. The van der Waals surface area contributed by atoms with E-state index in [9.17, 15) is 0 Å². The van der Waals surface area contributed by atoms with Crippen molar-refractivity contribution >= 4 is 22.1 Å². The van der Waals surface area contributed by atoms with Crippen LogP contribution in [-0.4, -0.2) is 0 Å². The lowest BCUT2D eigenvalue weighted by atomic mass is 9.81. The molecule has 0 radical (unpaired) electrons. The van der Waals surface area contributed by atoms with Gasteiger partial charge in [0.25, 0.3) is 0 Å². The number of benzene rings is 5. The Bertz CT molecular complexity index is 1460. The molecule has 154 valence electrons. The molecule has 1 N–H and O–H groups in total. The third-order valence-corrected chi connectivity index (χ3v) is 6.82. The summed E-state index contributed by atoms with van der Waals surface area (Å²) in [5.74, 6) is 0. The molecule has 1 heteroatoms. The fraction of sp³-hybridized carbons (Fsp3) is 0.0968. The molecule has 0 saturated carbocycles. The number of nitrogens with one attached hydrogen (secondary N) is 1. The van der Waals surface area contributed by atoms with Gasteiger partial charge in [-0.05, 0) is 80.6 Å². The highest BCUT2D eigenvalue weighted by atomic mass is 14.9. The zero-order valence-corrected chi connectivity index (χ0v) is 18.4. The van der Waals surface area contributed by atoms with Gasteiger partial charge < -0.3 is 5.32 Å². The SMILES string of the molecule is CC1(C)c2cc(Nc3ccccc3)ccc2-c2ccc(-c3ccc4ccccc4c3)cc21. The fourth-order valence-corrected chi connectivity index (χ4v) is 5.05. The van der Waals surface area contributed by atoms with Crippen LogP contribution >= 0.6 is 0 Å². The molecule has 0 fully saturated rings. The van der Waals surface area contributed by atoms with Gasteiger partial charge in [-0.2, -0.15) is 0 Å².